The average Bonchev–Trinajstić information content (AvgIpc) is 3.34. The number of rotatable bonds is 3. The van der Waals surface area contributed by atoms with Crippen molar-refractivity contribution in [3.05, 3.63) is 65.6 Å². The molecule has 0 bridgehead atoms. The first-order valence-electron chi connectivity index (χ1n) is 9.08. The van der Waals surface area contributed by atoms with E-state index in [4.69, 9.17) is 0 Å². The Labute approximate surface area is 153 Å². The molecule has 1 saturated heterocycles. The van der Waals surface area contributed by atoms with Gasteiger partial charge in [0.05, 0.1) is 11.7 Å². The lowest BCUT2D eigenvalue weighted by atomic mass is 10.2. The molecule has 1 amide bonds. The number of likely N-dealkylation sites (tertiary alicyclic amines) is 1. The van der Waals surface area contributed by atoms with Gasteiger partial charge in [-0.25, -0.2) is 0 Å². The van der Waals surface area contributed by atoms with Gasteiger partial charge in [0.2, 0.25) is 0 Å². The van der Waals surface area contributed by atoms with Gasteiger partial charge in [-0.15, -0.1) is 0 Å². The van der Waals surface area contributed by atoms with Gasteiger partial charge in [0.15, 0.2) is 0 Å². The minimum atomic E-state index is 0.0960. The van der Waals surface area contributed by atoms with E-state index < -0.39 is 0 Å². The summed E-state index contributed by atoms with van der Waals surface area (Å²) >= 11 is 0. The maximum atomic E-state index is 13.1. The second-order valence-electron chi connectivity index (χ2n) is 7.09. The van der Waals surface area contributed by atoms with E-state index >= 15 is 0 Å². The number of amides is 1. The summed E-state index contributed by atoms with van der Waals surface area (Å²) in [5.41, 5.74) is 5.10. The molecule has 1 fully saturated rings. The topological polar surface area (TPSA) is 43.1 Å². The van der Waals surface area contributed by atoms with Crippen molar-refractivity contribution in [1.82, 2.24) is 19.2 Å². The van der Waals surface area contributed by atoms with Gasteiger partial charge >= 0.3 is 0 Å². The van der Waals surface area contributed by atoms with Crippen LogP contribution in [0.1, 0.15) is 34.3 Å². The van der Waals surface area contributed by atoms with Crippen LogP contribution in [-0.4, -0.2) is 38.2 Å². The highest BCUT2D eigenvalue weighted by Crippen LogP contribution is 2.26. The van der Waals surface area contributed by atoms with Gasteiger partial charge in [-0.1, -0.05) is 30.3 Å². The van der Waals surface area contributed by atoms with Crippen LogP contribution in [0.25, 0.3) is 11.3 Å². The molecule has 0 N–H and O–H groups in total. The SMILES string of the molecule is Cc1cc(C)n(C2CCN(C(=O)c3ccc(-c4ccccc4)n3C)C2)n1. The molecule has 0 aliphatic carbocycles. The lowest BCUT2D eigenvalue weighted by Crippen LogP contribution is -2.30. The van der Waals surface area contributed by atoms with Crippen molar-refractivity contribution in [2.45, 2.75) is 26.3 Å². The van der Waals surface area contributed by atoms with E-state index in [1.165, 1.54) is 0 Å². The highest BCUT2D eigenvalue weighted by Gasteiger charge is 2.30. The molecule has 0 saturated carbocycles. The zero-order valence-corrected chi connectivity index (χ0v) is 15.5. The molecule has 3 aromatic rings. The molecule has 3 heterocycles. The van der Waals surface area contributed by atoms with Gasteiger partial charge in [0.1, 0.15) is 5.69 Å². The van der Waals surface area contributed by atoms with Crippen LogP contribution in [-0.2, 0) is 7.05 Å². The molecular weight excluding hydrogens is 324 g/mol. The highest BCUT2D eigenvalue weighted by molar-refractivity contribution is 5.94. The summed E-state index contributed by atoms with van der Waals surface area (Å²) < 4.78 is 4.07. The van der Waals surface area contributed by atoms with Crippen molar-refractivity contribution < 1.29 is 4.79 Å². The summed E-state index contributed by atoms with van der Waals surface area (Å²) in [7, 11) is 1.96. The minimum absolute atomic E-state index is 0.0960. The van der Waals surface area contributed by atoms with Crippen LogP contribution in [0.4, 0.5) is 0 Å². The zero-order chi connectivity index (χ0) is 18.3. The first-order chi connectivity index (χ1) is 12.5. The Morgan fingerprint density at radius 1 is 1.12 bits per heavy atom. The van der Waals surface area contributed by atoms with E-state index in [1.54, 1.807) is 0 Å². The number of aryl methyl sites for hydroxylation is 2. The van der Waals surface area contributed by atoms with Crippen LogP contribution in [0.15, 0.2) is 48.5 Å². The van der Waals surface area contributed by atoms with Crippen molar-refractivity contribution in [3.8, 4) is 11.3 Å². The number of aromatic nitrogens is 3. The Balaban J connectivity index is 1.54. The van der Waals surface area contributed by atoms with Gasteiger partial charge in [-0.3, -0.25) is 9.48 Å². The van der Waals surface area contributed by atoms with Crippen LogP contribution < -0.4 is 0 Å². The molecule has 4 rings (SSSR count). The predicted molar refractivity (Wildman–Crippen MR) is 102 cm³/mol. The normalized spacial score (nSPS) is 17.0. The molecular formula is C21H24N4O. The van der Waals surface area contributed by atoms with Crippen LogP contribution in [0.5, 0.6) is 0 Å². The lowest BCUT2D eigenvalue weighted by molar-refractivity contribution is 0.0777. The molecule has 0 spiro atoms. The first-order valence-corrected chi connectivity index (χ1v) is 9.08. The number of carbonyl (C=O) groups is 1. The Kier molecular flexibility index (Phi) is 4.15. The van der Waals surface area contributed by atoms with Gasteiger partial charge in [-0.2, -0.15) is 5.10 Å². The molecule has 5 nitrogen and oxygen atoms in total. The number of carbonyl (C=O) groups excluding carboxylic acids is 1. The highest BCUT2D eigenvalue weighted by atomic mass is 16.2. The van der Waals surface area contributed by atoms with Gasteiger partial charge in [-0.05, 0) is 44.0 Å². The van der Waals surface area contributed by atoms with Crippen molar-refractivity contribution >= 4 is 5.91 Å². The van der Waals surface area contributed by atoms with E-state index in [-0.39, 0.29) is 11.9 Å². The number of hydrogen-bond donors (Lipinski definition) is 0. The monoisotopic (exact) mass is 348 g/mol. The van der Waals surface area contributed by atoms with Gasteiger partial charge in [0.25, 0.3) is 5.91 Å². The van der Waals surface area contributed by atoms with Crippen molar-refractivity contribution in [3.63, 3.8) is 0 Å². The molecule has 0 radical (unpaired) electrons. The molecule has 26 heavy (non-hydrogen) atoms. The summed E-state index contributed by atoms with van der Waals surface area (Å²) in [6.45, 7) is 5.57. The maximum Gasteiger partial charge on any atom is 0.270 e. The smallest absolute Gasteiger partial charge is 0.270 e. The average molecular weight is 348 g/mol. The second-order valence-corrected chi connectivity index (χ2v) is 7.09. The third kappa shape index (κ3) is 2.83. The predicted octanol–water partition coefficient (Wildman–Crippen LogP) is 3.59. The molecule has 1 aliphatic rings. The fraction of sp³-hybridized carbons (Fsp3) is 0.333. The number of nitrogens with zero attached hydrogens (tertiary/aromatic N) is 4. The molecule has 2 aromatic heterocycles. The van der Waals surface area contributed by atoms with Crippen LogP contribution in [0, 0.1) is 13.8 Å². The summed E-state index contributed by atoms with van der Waals surface area (Å²) in [5.74, 6) is 0.0960. The van der Waals surface area contributed by atoms with Crippen LogP contribution in [0.2, 0.25) is 0 Å². The fourth-order valence-corrected chi connectivity index (χ4v) is 3.93. The quantitative estimate of drug-likeness (QED) is 0.726. The molecule has 1 unspecified atom stereocenters. The Morgan fingerprint density at radius 2 is 1.88 bits per heavy atom. The third-order valence-corrected chi connectivity index (χ3v) is 5.25. The van der Waals surface area contributed by atoms with Crippen molar-refractivity contribution in [2.24, 2.45) is 7.05 Å². The second kappa shape index (κ2) is 6.48. The number of hydrogen-bond acceptors (Lipinski definition) is 2. The Morgan fingerprint density at radius 3 is 2.58 bits per heavy atom. The largest absolute Gasteiger partial charge is 0.340 e. The summed E-state index contributed by atoms with van der Waals surface area (Å²) in [4.78, 5) is 15.0. The van der Waals surface area contributed by atoms with Gasteiger partial charge < -0.3 is 9.47 Å². The third-order valence-electron chi connectivity index (χ3n) is 5.25. The first kappa shape index (κ1) is 16.6. The Bertz CT molecular complexity index is 938. The lowest BCUT2D eigenvalue weighted by Gasteiger charge is -2.18. The minimum Gasteiger partial charge on any atom is -0.340 e. The van der Waals surface area contributed by atoms with E-state index in [1.807, 2.05) is 53.8 Å². The van der Waals surface area contributed by atoms with E-state index in [2.05, 4.69) is 34.9 Å². The molecule has 1 aliphatic heterocycles. The Hall–Kier alpha value is -2.82. The summed E-state index contributed by atoms with van der Waals surface area (Å²) in [5, 5.41) is 4.59. The zero-order valence-electron chi connectivity index (χ0n) is 15.5. The maximum absolute atomic E-state index is 13.1. The van der Waals surface area contributed by atoms with Crippen LogP contribution >= 0.6 is 0 Å². The molecule has 1 aromatic carbocycles. The fourth-order valence-electron chi connectivity index (χ4n) is 3.93. The van der Waals surface area contributed by atoms with E-state index in [0.717, 1.165) is 41.3 Å². The summed E-state index contributed by atoms with van der Waals surface area (Å²) in [6.07, 6.45) is 0.948. The summed E-state index contributed by atoms with van der Waals surface area (Å²) in [6, 6.07) is 16.5. The van der Waals surface area contributed by atoms with E-state index in [9.17, 15) is 4.79 Å². The van der Waals surface area contributed by atoms with Gasteiger partial charge in [0, 0.05) is 31.5 Å². The molecule has 134 valence electrons. The number of benzene rings is 1. The van der Waals surface area contributed by atoms with Crippen LogP contribution in [0.3, 0.4) is 0 Å². The van der Waals surface area contributed by atoms with Crippen molar-refractivity contribution in [1.29, 1.82) is 0 Å². The molecule has 1 atom stereocenters. The molecule has 5 heteroatoms. The standard InChI is InChI=1S/C21H24N4O/c1-15-13-16(2)25(22-15)18-11-12-24(14-18)21(26)20-10-9-19(23(20)3)17-7-5-4-6-8-17/h4-10,13,18H,11-12,14H2,1-3H3. The van der Waals surface area contributed by atoms with Crippen molar-refractivity contribution in [2.75, 3.05) is 13.1 Å². The van der Waals surface area contributed by atoms with E-state index in [0.29, 0.717) is 6.54 Å².